The predicted molar refractivity (Wildman–Crippen MR) is 94.1 cm³/mol. The molecule has 1 aromatic rings. The van der Waals surface area contributed by atoms with E-state index in [1.807, 2.05) is 45.0 Å². The number of benzene rings is 1. The van der Waals surface area contributed by atoms with Gasteiger partial charge in [-0.15, -0.1) is 0 Å². The Balaban J connectivity index is 2.70. The molecule has 0 aliphatic heterocycles. The van der Waals surface area contributed by atoms with Gasteiger partial charge in [-0.1, -0.05) is 20.8 Å². The molecular weight excluding hydrogens is 294 g/mol. The first-order valence-corrected chi connectivity index (χ1v) is 10.5. The van der Waals surface area contributed by atoms with Gasteiger partial charge in [0, 0.05) is 5.69 Å². The number of carbonyl (C=O) groups excluding carboxylic acids is 1. The van der Waals surface area contributed by atoms with E-state index in [4.69, 9.17) is 9.16 Å². The first-order chi connectivity index (χ1) is 9.80. The number of anilines is 1. The zero-order chi connectivity index (χ0) is 17.2. The molecule has 1 amide bonds. The van der Waals surface area contributed by atoms with Gasteiger partial charge < -0.3 is 9.16 Å². The van der Waals surface area contributed by atoms with Gasteiger partial charge >= 0.3 is 6.09 Å². The fraction of sp³-hybridized carbons (Fsp3) is 0.588. The van der Waals surface area contributed by atoms with Crippen molar-refractivity contribution < 1.29 is 14.0 Å². The van der Waals surface area contributed by atoms with Gasteiger partial charge in [0.2, 0.25) is 8.32 Å². The van der Waals surface area contributed by atoms with E-state index in [0.717, 1.165) is 5.75 Å². The zero-order valence-corrected chi connectivity index (χ0v) is 16.0. The number of rotatable bonds is 3. The first kappa shape index (κ1) is 18.6. The lowest BCUT2D eigenvalue weighted by molar-refractivity contribution is 0.0636. The second-order valence-electron chi connectivity index (χ2n) is 8.01. The third-order valence-electron chi connectivity index (χ3n) is 3.68. The van der Waals surface area contributed by atoms with Gasteiger partial charge in [0.25, 0.3) is 0 Å². The highest BCUT2D eigenvalue weighted by Gasteiger charge is 2.38. The van der Waals surface area contributed by atoms with Gasteiger partial charge in [-0.05, 0) is 63.2 Å². The van der Waals surface area contributed by atoms with Crippen LogP contribution in [0.2, 0.25) is 18.1 Å². The maximum atomic E-state index is 11.7. The highest BCUT2D eigenvalue weighted by atomic mass is 28.4. The number of ether oxygens (including phenoxy) is 1. The van der Waals surface area contributed by atoms with Gasteiger partial charge in [0.05, 0.1) is 0 Å². The predicted octanol–water partition coefficient (Wildman–Crippen LogP) is 5.42. The SMILES string of the molecule is CC(C)(C)OC(=O)Nc1ccc(O[Si](C)(C)C(C)(C)C)cc1. The van der Waals surface area contributed by atoms with Crippen LogP contribution in [-0.2, 0) is 4.74 Å². The van der Waals surface area contributed by atoms with Gasteiger partial charge in [-0.3, -0.25) is 5.32 Å². The Bertz CT molecular complexity index is 510. The van der Waals surface area contributed by atoms with Crippen molar-refractivity contribution in [2.24, 2.45) is 0 Å². The van der Waals surface area contributed by atoms with E-state index in [1.165, 1.54) is 0 Å². The van der Waals surface area contributed by atoms with Crippen LogP contribution < -0.4 is 9.74 Å². The Hall–Kier alpha value is -1.49. The van der Waals surface area contributed by atoms with Crippen molar-refractivity contribution >= 4 is 20.1 Å². The van der Waals surface area contributed by atoms with Crippen molar-refractivity contribution in [1.29, 1.82) is 0 Å². The van der Waals surface area contributed by atoms with Gasteiger partial charge in [0.1, 0.15) is 11.4 Å². The average molecular weight is 324 g/mol. The fourth-order valence-electron chi connectivity index (χ4n) is 1.48. The van der Waals surface area contributed by atoms with Gasteiger partial charge in [-0.2, -0.15) is 0 Å². The summed E-state index contributed by atoms with van der Waals surface area (Å²) in [6.07, 6.45) is -0.453. The van der Waals surface area contributed by atoms with Crippen LogP contribution in [0.1, 0.15) is 41.5 Å². The summed E-state index contributed by atoms with van der Waals surface area (Å²) >= 11 is 0. The molecule has 124 valence electrons. The second-order valence-corrected chi connectivity index (χ2v) is 12.7. The number of hydrogen-bond acceptors (Lipinski definition) is 3. The number of hydrogen-bond donors (Lipinski definition) is 1. The summed E-state index contributed by atoms with van der Waals surface area (Å²) in [6.45, 7) is 16.5. The lowest BCUT2D eigenvalue weighted by Crippen LogP contribution is -2.43. The highest BCUT2D eigenvalue weighted by molar-refractivity contribution is 6.74. The van der Waals surface area contributed by atoms with Gasteiger partial charge in [-0.25, -0.2) is 4.79 Å². The van der Waals surface area contributed by atoms with Crippen molar-refractivity contribution in [2.45, 2.75) is 65.3 Å². The van der Waals surface area contributed by atoms with Crippen LogP contribution in [0.25, 0.3) is 0 Å². The molecule has 1 N–H and O–H groups in total. The Kier molecular flexibility index (Phi) is 5.33. The minimum atomic E-state index is -1.84. The molecule has 1 aromatic carbocycles. The fourth-order valence-corrected chi connectivity index (χ4v) is 2.51. The second kappa shape index (κ2) is 6.32. The van der Waals surface area contributed by atoms with E-state index >= 15 is 0 Å². The summed E-state index contributed by atoms with van der Waals surface area (Å²) in [6, 6.07) is 7.42. The van der Waals surface area contributed by atoms with Crippen LogP contribution in [0, 0.1) is 0 Å². The maximum Gasteiger partial charge on any atom is 0.412 e. The van der Waals surface area contributed by atoms with Crippen LogP contribution >= 0.6 is 0 Å². The van der Waals surface area contributed by atoms with E-state index in [1.54, 1.807) is 0 Å². The van der Waals surface area contributed by atoms with Crippen molar-refractivity contribution in [3.8, 4) is 5.75 Å². The molecule has 22 heavy (non-hydrogen) atoms. The van der Waals surface area contributed by atoms with Gasteiger partial charge in [0.15, 0.2) is 0 Å². The van der Waals surface area contributed by atoms with E-state index in [0.29, 0.717) is 5.69 Å². The highest BCUT2D eigenvalue weighted by Crippen LogP contribution is 2.37. The number of carbonyl (C=O) groups is 1. The summed E-state index contributed by atoms with van der Waals surface area (Å²) in [5.41, 5.74) is 0.187. The van der Waals surface area contributed by atoms with Crippen molar-refractivity contribution in [3.63, 3.8) is 0 Å². The Morgan fingerprint density at radius 2 is 1.50 bits per heavy atom. The van der Waals surface area contributed by atoms with E-state index < -0.39 is 20.0 Å². The molecule has 0 atom stereocenters. The van der Waals surface area contributed by atoms with Crippen molar-refractivity contribution in [3.05, 3.63) is 24.3 Å². The van der Waals surface area contributed by atoms with Crippen LogP contribution in [-0.4, -0.2) is 20.0 Å². The molecule has 0 fully saturated rings. The summed E-state index contributed by atoms with van der Waals surface area (Å²) in [5, 5.41) is 2.87. The van der Waals surface area contributed by atoms with E-state index in [2.05, 4.69) is 39.2 Å². The molecule has 0 aliphatic carbocycles. The number of amides is 1. The van der Waals surface area contributed by atoms with Crippen LogP contribution in [0.5, 0.6) is 5.75 Å². The third-order valence-corrected chi connectivity index (χ3v) is 8.04. The molecule has 0 saturated heterocycles. The molecule has 0 spiro atoms. The number of nitrogens with one attached hydrogen (secondary N) is 1. The lowest BCUT2D eigenvalue weighted by atomic mass is 10.2. The lowest BCUT2D eigenvalue weighted by Gasteiger charge is -2.36. The summed E-state index contributed by atoms with van der Waals surface area (Å²) in [7, 11) is -1.84. The van der Waals surface area contributed by atoms with E-state index in [-0.39, 0.29) is 5.04 Å². The molecule has 0 saturated carbocycles. The van der Waals surface area contributed by atoms with Crippen LogP contribution in [0.4, 0.5) is 10.5 Å². The van der Waals surface area contributed by atoms with Crippen LogP contribution in [0.3, 0.4) is 0 Å². The largest absolute Gasteiger partial charge is 0.544 e. The molecular formula is C17H29NO3Si. The molecule has 4 nitrogen and oxygen atoms in total. The normalized spacial score (nSPS) is 12.7. The Morgan fingerprint density at radius 3 is 1.91 bits per heavy atom. The van der Waals surface area contributed by atoms with E-state index in [9.17, 15) is 4.79 Å². The molecule has 0 bridgehead atoms. The topological polar surface area (TPSA) is 47.6 Å². The minimum absolute atomic E-state index is 0.153. The zero-order valence-electron chi connectivity index (χ0n) is 15.0. The Morgan fingerprint density at radius 1 is 1.00 bits per heavy atom. The molecule has 0 radical (unpaired) electrons. The standard InChI is InChI=1S/C17H29NO3Si/c1-16(2,3)20-15(19)18-13-9-11-14(12-10-13)21-22(7,8)17(4,5)6/h9-12H,1-8H3,(H,18,19). The summed E-state index contributed by atoms with van der Waals surface area (Å²) in [5.74, 6) is 0.835. The maximum absolute atomic E-state index is 11.7. The van der Waals surface area contributed by atoms with Crippen LogP contribution in [0.15, 0.2) is 24.3 Å². The molecule has 1 rings (SSSR count). The average Bonchev–Trinajstić information content (AvgIpc) is 2.27. The molecule has 0 heterocycles. The third kappa shape index (κ3) is 5.71. The van der Waals surface area contributed by atoms with Crippen molar-refractivity contribution in [1.82, 2.24) is 0 Å². The molecule has 0 aromatic heterocycles. The van der Waals surface area contributed by atoms with Crippen molar-refractivity contribution in [2.75, 3.05) is 5.32 Å². The summed E-state index contributed by atoms with van der Waals surface area (Å²) in [4.78, 5) is 11.7. The quantitative estimate of drug-likeness (QED) is 0.756. The molecule has 0 aliphatic rings. The minimum Gasteiger partial charge on any atom is -0.544 e. The molecule has 5 heteroatoms. The summed E-state index contributed by atoms with van der Waals surface area (Å²) < 4.78 is 11.4. The molecule has 0 unspecified atom stereocenters. The first-order valence-electron chi connectivity index (χ1n) is 7.59. The Labute approximate surface area is 135 Å². The monoisotopic (exact) mass is 323 g/mol. The smallest absolute Gasteiger partial charge is 0.412 e.